The van der Waals surface area contributed by atoms with Crippen LogP contribution >= 0.6 is 0 Å². The Kier molecular flexibility index (Phi) is 4.76. The van der Waals surface area contributed by atoms with Crippen LogP contribution in [0.5, 0.6) is 0 Å². The molecule has 0 aliphatic carbocycles. The minimum atomic E-state index is -0.0672. The van der Waals surface area contributed by atoms with Crippen LogP contribution in [0.1, 0.15) is 11.7 Å². The summed E-state index contributed by atoms with van der Waals surface area (Å²) in [4.78, 5) is 5.45. The Morgan fingerprint density at radius 2 is 1.56 bits per heavy atom. The van der Waals surface area contributed by atoms with Crippen LogP contribution in [0.4, 0.5) is 5.69 Å². The Balaban J connectivity index is 1.85. The lowest BCUT2D eigenvalue weighted by atomic mass is 10.1. The zero-order valence-corrected chi connectivity index (χ0v) is 10.4. The summed E-state index contributed by atoms with van der Waals surface area (Å²) in [5.74, 6) is 0. The quantitative estimate of drug-likeness (QED) is 0.788. The molecule has 1 atom stereocenters. The summed E-state index contributed by atoms with van der Waals surface area (Å²) in [7, 11) is 1.68. The number of anilines is 1. The van der Waals surface area contributed by atoms with Crippen LogP contribution in [0.15, 0.2) is 60.7 Å². The van der Waals surface area contributed by atoms with Crippen molar-refractivity contribution in [1.29, 1.82) is 0 Å². The Bertz CT molecular complexity index is 445. The predicted molar refractivity (Wildman–Crippen MR) is 72.2 cm³/mol. The number of rotatable bonds is 6. The molecule has 2 aromatic rings. The number of nitrogens with one attached hydrogen (secondary N) is 1. The molecule has 3 heteroatoms. The molecule has 0 spiro atoms. The van der Waals surface area contributed by atoms with Crippen LogP contribution in [0.2, 0.25) is 0 Å². The maximum absolute atomic E-state index is 5.45. The Hall–Kier alpha value is -1.84. The van der Waals surface area contributed by atoms with Gasteiger partial charge in [0.15, 0.2) is 0 Å². The van der Waals surface area contributed by atoms with E-state index in [0.29, 0.717) is 6.61 Å². The number of ether oxygens (including phenoxy) is 1. The van der Waals surface area contributed by atoms with Gasteiger partial charge in [-0.05, 0) is 17.7 Å². The van der Waals surface area contributed by atoms with Gasteiger partial charge in [0.1, 0.15) is 12.7 Å². The third-order valence-corrected chi connectivity index (χ3v) is 2.65. The van der Waals surface area contributed by atoms with E-state index in [0.717, 1.165) is 11.3 Å². The van der Waals surface area contributed by atoms with E-state index in [1.807, 2.05) is 60.7 Å². The molecule has 0 aromatic heterocycles. The summed E-state index contributed by atoms with van der Waals surface area (Å²) in [6.45, 7) is 0.454. The van der Waals surface area contributed by atoms with E-state index < -0.39 is 0 Å². The van der Waals surface area contributed by atoms with Gasteiger partial charge in [-0.1, -0.05) is 48.5 Å². The lowest BCUT2D eigenvalue weighted by molar-refractivity contribution is 0.0265. The zero-order valence-electron chi connectivity index (χ0n) is 10.4. The predicted octanol–water partition coefficient (Wildman–Crippen LogP) is 3.42. The van der Waals surface area contributed by atoms with Gasteiger partial charge in [0.05, 0.1) is 5.69 Å². The summed E-state index contributed by atoms with van der Waals surface area (Å²) in [6, 6.07) is 19.8. The average Bonchev–Trinajstić information content (AvgIpc) is 2.46. The van der Waals surface area contributed by atoms with Crippen molar-refractivity contribution < 1.29 is 9.57 Å². The highest BCUT2D eigenvalue weighted by Crippen LogP contribution is 2.16. The smallest absolute Gasteiger partial charge is 0.108 e. The van der Waals surface area contributed by atoms with Crippen molar-refractivity contribution in [2.24, 2.45) is 0 Å². The molecule has 94 valence electrons. The van der Waals surface area contributed by atoms with Crippen LogP contribution < -0.4 is 5.48 Å². The van der Waals surface area contributed by atoms with Crippen LogP contribution in [-0.4, -0.2) is 13.7 Å². The Morgan fingerprint density at radius 3 is 2.17 bits per heavy atom. The molecule has 0 aliphatic rings. The normalized spacial score (nSPS) is 12.1. The van der Waals surface area contributed by atoms with Gasteiger partial charge in [-0.25, -0.2) is 0 Å². The Labute approximate surface area is 107 Å². The fraction of sp³-hybridized carbons (Fsp3) is 0.200. The van der Waals surface area contributed by atoms with Gasteiger partial charge in [-0.15, -0.1) is 0 Å². The summed E-state index contributed by atoms with van der Waals surface area (Å²) >= 11 is 0. The molecule has 0 saturated heterocycles. The molecule has 1 unspecified atom stereocenters. The second-order valence-electron chi connectivity index (χ2n) is 3.91. The van der Waals surface area contributed by atoms with E-state index in [2.05, 4.69) is 5.48 Å². The lowest BCUT2D eigenvalue weighted by Gasteiger charge is -2.16. The first kappa shape index (κ1) is 12.6. The minimum absolute atomic E-state index is 0.0672. The molecular weight excluding hydrogens is 226 g/mol. The molecule has 0 bridgehead atoms. The molecule has 0 amide bonds. The van der Waals surface area contributed by atoms with Gasteiger partial charge in [0.2, 0.25) is 0 Å². The fourth-order valence-corrected chi connectivity index (χ4v) is 1.67. The first-order valence-corrected chi connectivity index (χ1v) is 5.91. The molecule has 2 rings (SSSR count). The maximum atomic E-state index is 5.45. The highest BCUT2D eigenvalue weighted by atomic mass is 16.7. The number of para-hydroxylation sites is 1. The fourth-order valence-electron chi connectivity index (χ4n) is 1.67. The van der Waals surface area contributed by atoms with Gasteiger partial charge in [0, 0.05) is 7.11 Å². The van der Waals surface area contributed by atoms with Gasteiger partial charge >= 0.3 is 0 Å². The largest absolute Gasteiger partial charge is 0.374 e. The number of benzene rings is 2. The van der Waals surface area contributed by atoms with Crippen molar-refractivity contribution in [3.63, 3.8) is 0 Å². The summed E-state index contributed by atoms with van der Waals surface area (Å²) in [5, 5.41) is 0. The van der Waals surface area contributed by atoms with Gasteiger partial charge < -0.3 is 4.74 Å². The van der Waals surface area contributed by atoms with E-state index in [1.54, 1.807) is 7.11 Å². The minimum Gasteiger partial charge on any atom is -0.374 e. The third kappa shape index (κ3) is 3.58. The Morgan fingerprint density at radius 1 is 0.944 bits per heavy atom. The molecular formula is C15H17NO2. The van der Waals surface area contributed by atoms with Crippen molar-refractivity contribution in [1.82, 2.24) is 0 Å². The highest BCUT2D eigenvalue weighted by molar-refractivity contribution is 5.40. The molecule has 0 fully saturated rings. The average molecular weight is 243 g/mol. The SMILES string of the molecule is COC(CONc1ccccc1)c1ccccc1. The van der Waals surface area contributed by atoms with E-state index in [1.165, 1.54) is 0 Å². The van der Waals surface area contributed by atoms with Gasteiger partial charge in [-0.2, -0.15) is 0 Å². The van der Waals surface area contributed by atoms with E-state index in [4.69, 9.17) is 9.57 Å². The van der Waals surface area contributed by atoms with Crippen LogP contribution in [0.25, 0.3) is 0 Å². The van der Waals surface area contributed by atoms with Gasteiger partial charge in [0.25, 0.3) is 0 Å². The second-order valence-corrected chi connectivity index (χ2v) is 3.91. The topological polar surface area (TPSA) is 30.5 Å². The van der Waals surface area contributed by atoms with Crippen molar-refractivity contribution in [2.45, 2.75) is 6.10 Å². The standard InChI is InChI=1S/C15H17NO2/c1-17-15(13-8-4-2-5-9-13)12-18-16-14-10-6-3-7-11-14/h2-11,15-16H,12H2,1H3. The molecule has 0 aliphatic heterocycles. The summed E-state index contributed by atoms with van der Waals surface area (Å²) in [6.07, 6.45) is -0.0672. The van der Waals surface area contributed by atoms with E-state index in [-0.39, 0.29) is 6.10 Å². The first-order chi connectivity index (χ1) is 8.90. The third-order valence-electron chi connectivity index (χ3n) is 2.65. The summed E-state index contributed by atoms with van der Waals surface area (Å²) < 4.78 is 5.41. The number of methoxy groups -OCH3 is 1. The van der Waals surface area contributed by atoms with Crippen molar-refractivity contribution in [2.75, 3.05) is 19.2 Å². The molecule has 1 N–H and O–H groups in total. The lowest BCUT2D eigenvalue weighted by Crippen LogP contribution is -2.13. The van der Waals surface area contributed by atoms with Gasteiger partial charge in [-0.3, -0.25) is 10.3 Å². The number of hydrogen-bond donors (Lipinski definition) is 1. The molecule has 0 heterocycles. The monoisotopic (exact) mass is 243 g/mol. The molecule has 3 nitrogen and oxygen atoms in total. The zero-order chi connectivity index (χ0) is 12.6. The molecule has 0 saturated carbocycles. The maximum Gasteiger partial charge on any atom is 0.108 e. The van der Waals surface area contributed by atoms with Crippen LogP contribution in [0, 0.1) is 0 Å². The highest BCUT2D eigenvalue weighted by Gasteiger charge is 2.09. The van der Waals surface area contributed by atoms with Crippen molar-refractivity contribution in [3.8, 4) is 0 Å². The molecule has 0 radical (unpaired) electrons. The summed E-state index contributed by atoms with van der Waals surface area (Å²) in [5.41, 5.74) is 4.94. The second kappa shape index (κ2) is 6.79. The van der Waals surface area contributed by atoms with Crippen molar-refractivity contribution in [3.05, 3.63) is 66.2 Å². The van der Waals surface area contributed by atoms with Crippen LogP contribution in [-0.2, 0) is 9.57 Å². The van der Waals surface area contributed by atoms with E-state index >= 15 is 0 Å². The van der Waals surface area contributed by atoms with Crippen molar-refractivity contribution >= 4 is 5.69 Å². The molecule has 18 heavy (non-hydrogen) atoms. The number of hydrogen-bond acceptors (Lipinski definition) is 3. The first-order valence-electron chi connectivity index (χ1n) is 5.91. The molecule has 2 aromatic carbocycles. The van der Waals surface area contributed by atoms with Crippen LogP contribution in [0.3, 0.4) is 0 Å². The van der Waals surface area contributed by atoms with E-state index in [9.17, 15) is 0 Å².